The highest BCUT2D eigenvalue weighted by atomic mass is 16.5. The van der Waals surface area contributed by atoms with Gasteiger partial charge in [-0.2, -0.15) is 15.0 Å². The number of rotatable bonds is 3. The molecule has 19 heavy (non-hydrogen) atoms. The fourth-order valence-corrected chi connectivity index (χ4v) is 2.18. The van der Waals surface area contributed by atoms with Crippen LogP contribution in [0.3, 0.4) is 0 Å². The van der Waals surface area contributed by atoms with Gasteiger partial charge in [-0.1, -0.05) is 0 Å². The molecule has 2 fully saturated rings. The second-order valence-electron chi connectivity index (χ2n) is 4.62. The number of hydrogen-bond acceptors (Lipinski definition) is 8. The van der Waals surface area contributed by atoms with Crippen LogP contribution in [0, 0.1) is 0 Å². The van der Waals surface area contributed by atoms with Gasteiger partial charge in [-0.25, -0.2) is 0 Å². The van der Waals surface area contributed by atoms with Crippen molar-refractivity contribution in [2.75, 3.05) is 55.5 Å². The van der Waals surface area contributed by atoms with E-state index in [2.05, 4.69) is 25.2 Å². The summed E-state index contributed by atoms with van der Waals surface area (Å²) < 4.78 is 10.6. The maximum absolute atomic E-state index is 5.75. The monoisotopic (exact) mass is 266 g/mol. The van der Waals surface area contributed by atoms with Gasteiger partial charge in [-0.3, -0.25) is 0 Å². The van der Waals surface area contributed by atoms with Crippen LogP contribution in [0.1, 0.15) is 6.42 Å². The van der Waals surface area contributed by atoms with Gasteiger partial charge in [-0.05, 0) is 6.42 Å². The highest BCUT2D eigenvalue weighted by Crippen LogP contribution is 2.15. The molecule has 0 amide bonds. The van der Waals surface area contributed by atoms with Gasteiger partial charge in [0.05, 0.1) is 25.9 Å². The van der Waals surface area contributed by atoms with E-state index in [0.29, 0.717) is 31.7 Å². The molecule has 0 aromatic carbocycles. The third-order valence-corrected chi connectivity index (χ3v) is 3.20. The van der Waals surface area contributed by atoms with Gasteiger partial charge >= 0.3 is 0 Å². The number of nitrogens with zero attached hydrogens (tertiary/aromatic N) is 4. The Labute approximate surface area is 111 Å². The summed E-state index contributed by atoms with van der Waals surface area (Å²) >= 11 is 0. The lowest BCUT2D eigenvalue weighted by Gasteiger charge is -2.27. The molecule has 0 spiro atoms. The summed E-state index contributed by atoms with van der Waals surface area (Å²) in [7, 11) is 0. The third kappa shape index (κ3) is 3.02. The Morgan fingerprint density at radius 3 is 2.68 bits per heavy atom. The van der Waals surface area contributed by atoms with Crippen LogP contribution in [0.5, 0.6) is 0 Å². The number of aromatic nitrogens is 3. The van der Waals surface area contributed by atoms with Gasteiger partial charge < -0.3 is 25.4 Å². The number of hydrogen-bond donors (Lipinski definition) is 2. The normalized spacial score (nSPS) is 23.6. The average molecular weight is 266 g/mol. The Balaban J connectivity index is 1.74. The number of nitrogen functional groups attached to an aromatic ring is 1. The van der Waals surface area contributed by atoms with E-state index in [0.717, 1.165) is 26.1 Å². The second kappa shape index (κ2) is 5.54. The van der Waals surface area contributed by atoms with Crippen LogP contribution < -0.4 is 16.0 Å². The molecule has 8 heteroatoms. The fraction of sp³-hybridized carbons (Fsp3) is 0.727. The van der Waals surface area contributed by atoms with Gasteiger partial charge in [-0.15, -0.1) is 0 Å². The van der Waals surface area contributed by atoms with Crippen molar-refractivity contribution in [1.82, 2.24) is 15.0 Å². The Bertz CT molecular complexity index is 431. The molecule has 3 rings (SSSR count). The average Bonchev–Trinajstić information content (AvgIpc) is 2.92. The van der Waals surface area contributed by atoms with Crippen molar-refractivity contribution >= 4 is 17.8 Å². The molecule has 1 atom stereocenters. The summed E-state index contributed by atoms with van der Waals surface area (Å²) in [6, 6.07) is 0.249. The molecule has 1 unspecified atom stereocenters. The molecule has 0 saturated carbocycles. The van der Waals surface area contributed by atoms with E-state index in [1.54, 1.807) is 0 Å². The zero-order valence-electron chi connectivity index (χ0n) is 10.7. The third-order valence-electron chi connectivity index (χ3n) is 3.20. The van der Waals surface area contributed by atoms with E-state index < -0.39 is 0 Å². The maximum Gasteiger partial charge on any atom is 0.232 e. The molecule has 2 aliphatic rings. The summed E-state index contributed by atoms with van der Waals surface area (Å²) in [5.41, 5.74) is 5.75. The van der Waals surface area contributed by atoms with E-state index in [9.17, 15) is 0 Å². The highest BCUT2D eigenvalue weighted by molar-refractivity contribution is 5.42. The Kier molecular flexibility index (Phi) is 3.60. The topological polar surface area (TPSA) is 98.4 Å². The van der Waals surface area contributed by atoms with Crippen LogP contribution in [0.25, 0.3) is 0 Å². The van der Waals surface area contributed by atoms with E-state index in [1.165, 1.54) is 0 Å². The summed E-state index contributed by atoms with van der Waals surface area (Å²) in [6.45, 7) is 4.37. The van der Waals surface area contributed by atoms with E-state index in [1.807, 2.05) is 0 Å². The zero-order valence-corrected chi connectivity index (χ0v) is 10.7. The molecule has 1 aromatic rings. The minimum absolute atomic E-state index is 0.234. The predicted octanol–water partition coefficient (Wildman–Crippen LogP) is -0.509. The summed E-state index contributed by atoms with van der Waals surface area (Å²) in [5, 5.41) is 3.24. The van der Waals surface area contributed by atoms with Crippen molar-refractivity contribution in [3.8, 4) is 0 Å². The Morgan fingerprint density at radius 1 is 1.11 bits per heavy atom. The summed E-state index contributed by atoms with van der Waals surface area (Å²) in [6.07, 6.45) is 0.957. The lowest BCUT2D eigenvalue weighted by molar-refractivity contribution is 0.122. The molecule has 3 heterocycles. The lowest BCUT2D eigenvalue weighted by Crippen LogP contribution is -2.37. The first kappa shape index (κ1) is 12.4. The van der Waals surface area contributed by atoms with E-state index >= 15 is 0 Å². The molecule has 2 aliphatic heterocycles. The van der Waals surface area contributed by atoms with Crippen LogP contribution >= 0.6 is 0 Å². The fourth-order valence-electron chi connectivity index (χ4n) is 2.18. The summed E-state index contributed by atoms with van der Waals surface area (Å²) in [4.78, 5) is 14.8. The molecule has 0 aliphatic carbocycles. The van der Waals surface area contributed by atoms with Crippen LogP contribution in [-0.2, 0) is 9.47 Å². The van der Waals surface area contributed by atoms with Crippen molar-refractivity contribution in [2.45, 2.75) is 12.5 Å². The van der Waals surface area contributed by atoms with Crippen LogP contribution in [0.2, 0.25) is 0 Å². The first-order chi connectivity index (χ1) is 9.31. The molecule has 2 saturated heterocycles. The number of nitrogens with one attached hydrogen (secondary N) is 1. The quantitative estimate of drug-likeness (QED) is 0.755. The minimum Gasteiger partial charge on any atom is -0.379 e. The first-order valence-electron chi connectivity index (χ1n) is 6.50. The van der Waals surface area contributed by atoms with Gasteiger partial charge in [0.25, 0.3) is 0 Å². The van der Waals surface area contributed by atoms with Crippen molar-refractivity contribution < 1.29 is 9.47 Å². The number of anilines is 3. The Hall–Kier alpha value is -1.67. The first-order valence-corrected chi connectivity index (χ1v) is 6.50. The smallest absolute Gasteiger partial charge is 0.232 e. The SMILES string of the molecule is Nc1nc(NC2CCOC2)nc(N2CCOCC2)n1. The number of ether oxygens (including phenoxy) is 2. The standard InChI is InChI=1S/C11H18N6O2/c12-9-14-10(13-8-1-4-19-7-8)16-11(15-9)17-2-5-18-6-3-17/h8H,1-7H2,(H3,12,13,14,15,16). The van der Waals surface area contributed by atoms with Crippen LogP contribution in [-0.4, -0.2) is 60.5 Å². The number of nitrogens with two attached hydrogens (primary N) is 1. The molecule has 3 N–H and O–H groups in total. The lowest BCUT2D eigenvalue weighted by atomic mass is 10.3. The molecular formula is C11H18N6O2. The molecular weight excluding hydrogens is 248 g/mol. The van der Waals surface area contributed by atoms with Crippen molar-refractivity contribution in [3.63, 3.8) is 0 Å². The molecule has 0 radical (unpaired) electrons. The van der Waals surface area contributed by atoms with Gasteiger partial charge in [0.2, 0.25) is 17.8 Å². The van der Waals surface area contributed by atoms with E-state index in [-0.39, 0.29) is 12.0 Å². The van der Waals surface area contributed by atoms with Crippen LogP contribution in [0.15, 0.2) is 0 Å². The highest BCUT2D eigenvalue weighted by Gasteiger charge is 2.19. The zero-order chi connectivity index (χ0) is 13.1. The predicted molar refractivity (Wildman–Crippen MR) is 70.1 cm³/mol. The Morgan fingerprint density at radius 2 is 1.95 bits per heavy atom. The van der Waals surface area contributed by atoms with E-state index in [4.69, 9.17) is 15.2 Å². The summed E-state index contributed by atoms with van der Waals surface area (Å²) in [5.74, 6) is 1.36. The van der Waals surface area contributed by atoms with Crippen molar-refractivity contribution in [2.24, 2.45) is 0 Å². The number of morpholine rings is 1. The van der Waals surface area contributed by atoms with Crippen LogP contribution in [0.4, 0.5) is 17.8 Å². The van der Waals surface area contributed by atoms with Crippen molar-refractivity contribution in [1.29, 1.82) is 0 Å². The molecule has 104 valence electrons. The van der Waals surface area contributed by atoms with Gasteiger partial charge in [0.1, 0.15) is 0 Å². The molecule has 0 bridgehead atoms. The minimum atomic E-state index is 0.234. The van der Waals surface area contributed by atoms with Crippen molar-refractivity contribution in [3.05, 3.63) is 0 Å². The second-order valence-corrected chi connectivity index (χ2v) is 4.62. The van der Waals surface area contributed by atoms with Gasteiger partial charge in [0.15, 0.2) is 0 Å². The molecule has 8 nitrogen and oxygen atoms in total. The molecule has 1 aromatic heterocycles. The van der Waals surface area contributed by atoms with Gasteiger partial charge in [0, 0.05) is 19.7 Å². The largest absolute Gasteiger partial charge is 0.379 e. The maximum atomic E-state index is 5.75.